The van der Waals surface area contributed by atoms with Gasteiger partial charge in [-0.15, -0.1) is 5.10 Å². The number of nitrogens with zero attached hydrogens (tertiary/aromatic N) is 2. The van der Waals surface area contributed by atoms with Crippen LogP contribution in [0, 0.1) is 5.95 Å². The first-order chi connectivity index (χ1) is 8.06. The summed E-state index contributed by atoms with van der Waals surface area (Å²) >= 11 is 0. The number of hydrogen-bond acceptors (Lipinski definition) is 3. The van der Waals surface area contributed by atoms with Crippen LogP contribution in [0.5, 0.6) is 0 Å². The minimum atomic E-state index is -1.35. The van der Waals surface area contributed by atoms with Gasteiger partial charge in [0.15, 0.2) is 0 Å². The lowest BCUT2D eigenvalue weighted by Crippen LogP contribution is -2.14. The molecular weight excluding hydrogens is 227 g/mol. The van der Waals surface area contributed by atoms with Crippen LogP contribution in [0.2, 0.25) is 0 Å². The normalized spacial score (nSPS) is 12.9. The van der Waals surface area contributed by atoms with Crippen LogP contribution in [-0.4, -0.2) is 27.8 Å². The minimum absolute atomic E-state index is 0.289. The number of aromatic nitrogens is 2. The van der Waals surface area contributed by atoms with Crippen molar-refractivity contribution in [2.75, 3.05) is 7.11 Å². The van der Waals surface area contributed by atoms with Crippen LogP contribution in [0.3, 0.4) is 0 Å². The third-order valence-corrected chi connectivity index (χ3v) is 2.65. The maximum atomic E-state index is 13.6. The van der Waals surface area contributed by atoms with Crippen molar-refractivity contribution in [1.29, 1.82) is 0 Å². The van der Waals surface area contributed by atoms with Crippen LogP contribution < -0.4 is 0 Å². The predicted octanol–water partition coefficient (Wildman–Crippen LogP) is 1.88. The zero-order valence-electron chi connectivity index (χ0n) is 9.35. The van der Waals surface area contributed by atoms with E-state index in [4.69, 9.17) is 9.84 Å². The molecule has 0 aromatic carbocycles. The van der Waals surface area contributed by atoms with Crippen LogP contribution in [-0.2, 0) is 4.74 Å². The van der Waals surface area contributed by atoms with E-state index < -0.39 is 23.6 Å². The SMILES string of the molecule is COC(C)c1c(C(=O)O)c(F)nn2cccc12. The monoisotopic (exact) mass is 238 g/mol. The number of halogens is 1. The molecule has 0 saturated carbocycles. The molecule has 1 unspecified atom stereocenters. The van der Waals surface area contributed by atoms with Crippen LogP contribution in [0.1, 0.15) is 28.9 Å². The fourth-order valence-electron chi connectivity index (χ4n) is 1.79. The van der Waals surface area contributed by atoms with Gasteiger partial charge in [0.25, 0.3) is 0 Å². The van der Waals surface area contributed by atoms with Gasteiger partial charge in [-0.1, -0.05) is 0 Å². The molecule has 2 rings (SSSR count). The van der Waals surface area contributed by atoms with E-state index in [1.54, 1.807) is 25.3 Å². The number of ether oxygens (including phenoxy) is 1. The lowest BCUT2D eigenvalue weighted by molar-refractivity contribution is 0.0675. The van der Waals surface area contributed by atoms with E-state index in [1.807, 2.05) is 0 Å². The highest BCUT2D eigenvalue weighted by Crippen LogP contribution is 2.26. The molecule has 6 heteroatoms. The van der Waals surface area contributed by atoms with Crippen molar-refractivity contribution in [2.45, 2.75) is 13.0 Å². The summed E-state index contributed by atoms with van der Waals surface area (Å²) in [6.45, 7) is 1.66. The van der Waals surface area contributed by atoms with E-state index in [0.29, 0.717) is 5.52 Å². The highest BCUT2D eigenvalue weighted by molar-refractivity contribution is 5.91. The molecule has 17 heavy (non-hydrogen) atoms. The first-order valence-corrected chi connectivity index (χ1v) is 4.99. The van der Waals surface area contributed by atoms with Gasteiger partial charge in [-0.05, 0) is 19.1 Å². The summed E-state index contributed by atoms with van der Waals surface area (Å²) in [6, 6.07) is 3.34. The van der Waals surface area contributed by atoms with Crippen LogP contribution in [0.25, 0.3) is 5.52 Å². The molecular formula is C11H11FN2O3. The number of carboxylic acids is 1. The third kappa shape index (κ3) is 1.76. The van der Waals surface area contributed by atoms with Gasteiger partial charge in [-0.3, -0.25) is 0 Å². The highest BCUT2D eigenvalue weighted by atomic mass is 19.1. The van der Waals surface area contributed by atoms with Crippen LogP contribution in [0.15, 0.2) is 18.3 Å². The van der Waals surface area contributed by atoms with E-state index in [2.05, 4.69) is 5.10 Å². The third-order valence-electron chi connectivity index (χ3n) is 2.65. The number of methoxy groups -OCH3 is 1. The number of carbonyl (C=O) groups is 1. The summed E-state index contributed by atoms with van der Waals surface area (Å²) in [4.78, 5) is 11.1. The van der Waals surface area contributed by atoms with Gasteiger partial charge < -0.3 is 9.84 Å². The molecule has 5 nitrogen and oxygen atoms in total. The van der Waals surface area contributed by atoms with Crippen molar-refractivity contribution >= 4 is 11.5 Å². The molecule has 0 aliphatic rings. The quantitative estimate of drug-likeness (QED) is 0.886. The second kappa shape index (κ2) is 4.14. The first kappa shape index (κ1) is 11.5. The highest BCUT2D eigenvalue weighted by Gasteiger charge is 2.24. The Morgan fingerprint density at radius 2 is 2.35 bits per heavy atom. The summed E-state index contributed by atoms with van der Waals surface area (Å²) in [5.41, 5.74) is 0.376. The maximum Gasteiger partial charge on any atom is 0.340 e. The molecule has 0 aliphatic carbocycles. The summed E-state index contributed by atoms with van der Waals surface area (Å²) < 4.78 is 20.0. The summed E-state index contributed by atoms with van der Waals surface area (Å²) in [7, 11) is 1.44. The van der Waals surface area contributed by atoms with Gasteiger partial charge in [0.1, 0.15) is 5.56 Å². The van der Waals surface area contributed by atoms with Crippen molar-refractivity contribution in [2.24, 2.45) is 0 Å². The Labute approximate surface area is 96.4 Å². The molecule has 0 radical (unpaired) electrons. The fraction of sp³-hybridized carbons (Fsp3) is 0.273. The molecule has 2 heterocycles. The summed E-state index contributed by atoms with van der Waals surface area (Å²) in [5, 5.41) is 12.6. The molecule has 2 aromatic rings. The Balaban J connectivity index is 2.85. The molecule has 0 aliphatic heterocycles. The van der Waals surface area contributed by atoms with Crippen LogP contribution in [0.4, 0.5) is 4.39 Å². The zero-order chi connectivity index (χ0) is 12.6. The first-order valence-electron chi connectivity index (χ1n) is 4.99. The van der Waals surface area contributed by atoms with Crippen molar-refractivity contribution in [1.82, 2.24) is 9.61 Å². The molecule has 2 aromatic heterocycles. The molecule has 1 atom stereocenters. The van der Waals surface area contributed by atoms with Crippen LogP contribution >= 0.6 is 0 Å². The average Bonchev–Trinajstić information content (AvgIpc) is 2.73. The standard InChI is InChI=1S/C11H11FN2O3/c1-6(17-2)8-7-4-3-5-14(7)13-10(12)9(8)11(15)16/h3-6H,1-2H3,(H,15,16). The van der Waals surface area contributed by atoms with Gasteiger partial charge in [0.2, 0.25) is 5.95 Å². The molecule has 90 valence electrons. The molecule has 0 fully saturated rings. The fourth-order valence-corrected chi connectivity index (χ4v) is 1.79. The number of hydrogen-bond donors (Lipinski definition) is 1. The van der Waals surface area contributed by atoms with Crippen molar-refractivity contribution in [3.05, 3.63) is 35.4 Å². The zero-order valence-corrected chi connectivity index (χ0v) is 9.35. The number of fused-ring (bicyclic) bond motifs is 1. The Kier molecular flexibility index (Phi) is 2.81. The summed E-state index contributed by atoms with van der Waals surface area (Å²) in [5.74, 6) is -2.36. The molecule has 0 spiro atoms. The minimum Gasteiger partial charge on any atom is -0.478 e. The number of aromatic carboxylic acids is 1. The Bertz CT molecular complexity index is 579. The smallest absolute Gasteiger partial charge is 0.340 e. The van der Waals surface area contributed by atoms with E-state index in [1.165, 1.54) is 11.6 Å². The topological polar surface area (TPSA) is 63.8 Å². The lowest BCUT2D eigenvalue weighted by Gasteiger charge is -2.14. The van der Waals surface area contributed by atoms with E-state index >= 15 is 0 Å². The Hall–Kier alpha value is -1.95. The summed E-state index contributed by atoms with van der Waals surface area (Å²) in [6.07, 6.45) is 1.02. The second-order valence-corrected chi connectivity index (χ2v) is 3.60. The number of carboxylic acid groups (broad SMARTS) is 1. The van der Waals surface area contributed by atoms with E-state index in [0.717, 1.165) is 0 Å². The van der Waals surface area contributed by atoms with E-state index in [9.17, 15) is 9.18 Å². The average molecular weight is 238 g/mol. The van der Waals surface area contributed by atoms with Crippen molar-refractivity contribution < 1.29 is 19.0 Å². The molecule has 0 bridgehead atoms. The van der Waals surface area contributed by atoms with Gasteiger partial charge in [-0.25, -0.2) is 9.31 Å². The molecule has 1 N–H and O–H groups in total. The largest absolute Gasteiger partial charge is 0.478 e. The van der Waals surface area contributed by atoms with Gasteiger partial charge >= 0.3 is 5.97 Å². The van der Waals surface area contributed by atoms with Crippen molar-refractivity contribution in [3.63, 3.8) is 0 Å². The molecule has 0 amide bonds. The van der Waals surface area contributed by atoms with Gasteiger partial charge in [0, 0.05) is 18.9 Å². The number of rotatable bonds is 3. The predicted molar refractivity (Wildman–Crippen MR) is 57.5 cm³/mol. The maximum absolute atomic E-state index is 13.6. The van der Waals surface area contributed by atoms with Crippen molar-refractivity contribution in [3.8, 4) is 0 Å². The van der Waals surface area contributed by atoms with E-state index in [-0.39, 0.29) is 5.56 Å². The Morgan fingerprint density at radius 3 is 2.94 bits per heavy atom. The van der Waals surface area contributed by atoms with Gasteiger partial charge in [-0.2, -0.15) is 4.39 Å². The second-order valence-electron chi connectivity index (χ2n) is 3.60. The molecule has 0 saturated heterocycles. The lowest BCUT2D eigenvalue weighted by atomic mass is 10.0. The Morgan fingerprint density at radius 1 is 1.65 bits per heavy atom. The van der Waals surface area contributed by atoms with Gasteiger partial charge in [0.05, 0.1) is 11.6 Å².